The van der Waals surface area contributed by atoms with Crippen molar-refractivity contribution in [2.45, 2.75) is 13.0 Å². The minimum atomic E-state index is -0.870. The summed E-state index contributed by atoms with van der Waals surface area (Å²) in [5.41, 5.74) is 0.817. The average Bonchev–Trinajstić information content (AvgIpc) is 2.95. The molecule has 96 valence electrons. The molecule has 1 amide bonds. The Morgan fingerprint density at radius 2 is 2.28 bits per heavy atom. The number of hydrogen-bond donors (Lipinski definition) is 1. The first-order valence-corrected chi connectivity index (χ1v) is 6.33. The molecule has 2 aromatic rings. The summed E-state index contributed by atoms with van der Waals surface area (Å²) in [5, 5.41) is 15.5. The fourth-order valence-electron chi connectivity index (χ4n) is 1.60. The van der Waals surface area contributed by atoms with Crippen molar-refractivity contribution in [1.82, 2.24) is 10.1 Å². The van der Waals surface area contributed by atoms with Gasteiger partial charge in [0.1, 0.15) is 17.4 Å². The number of aliphatic hydroxyl groups excluding tert-OH is 1. The van der Waals surface area contributed by atoms with Crippen LogP contribution in [0.3, 0.4) is 0 Å². The van der Waals surface area contributed by atoms with E-state index in [2.05, 4.69) is 5.16 Å². The molecule has 0 aliphatic rings. The summed E-state index contributed by atoms with van der Waals surface area (Å²) in [4.78, 5) is 14.4. The summed E-state index contributed by atoms with van der Waals surface area (Å²) in [5.74, 6) is -0.0207. The monoisotopic (exact) mass is 266 g/mol. The summed E-state index contributed by atoms with van der Waals surface area (Å²) in [6.45, 7) is 1.55. The van der Waals surface area contributed by atoms with Crippen LogP contribution in [0.15, 0.2) is 22.0 Å². The maximum absolute atomic E-state index is 12.2. The van der Waals surface area contributed by atoms with Crippen LogP contribution < -0.4 is 0 Å². The highest BCUT2D eigenvalue weighted by Crippen LogP contribution is 2.32. The number of aromatic nitrogens is 1. The molecule has 5 nitrogen and oxygen atoms in total. The third kappa shape index (κ3) is 2.16. The van der Waals surface area contributed by atoms with Gasteiger partial charge in [-0.3, -0.25) is 4.79 Å². The van der Waals surface area contributed by atoms with Crippen LogP contribution in [0.1, 0.15) is 29.1 Å². The van der Waals surface area contributed by atoms with E-state index in [1.54, 1.807) is 21.0 Å². The molecule has 0 bridgehead atoms. The molecule has 6 heteroatoms. The quantitative estimate of drug-likeness (QED) is 0.924. The van der Waals surface area contributed by atoms with Crippen LogP contribution in [0.25, 0.3) is 10.6 Å². The second kappa shape index (κ2) is 4.91. The van der Waals surface area contributed by atoms with Crippen molar-refractivity contribution < 1.29 is 14.4 Å². The van der Waals surface area contributed by atoms with Crippen molar-refractivity contribution in [3.8, 4) is 10.6 Å². The first-order valence-electron chi connectivity index (χ1n) is 5.45. The van der Waals surface area contributed by atoms with Gasteiger partial charge in [-0.2, -0.15) is 0 Å². The number of amides is 1. The highest BCUT2D eigenvalue weighted by molar-refractivity contribution is 7.13. The molecule has 0 saturated heterocycles. The summed E-state index contributed by atoms with van der Waals surface area (Å²) in [6.07, 6.45) is -0.870. The molecule has 0 spiro atoms. The second-order valence-corrected chi connectivity index (χ2v) is 5.07. The zero-order valence-electron chi connectivity index (χ0n) is 10.4. The van der Waals surface area contributed by atoms with E-state index in [4.69, 9.17) is 4.52 Å². The first-order chi connectivity index (χ1) is 8.52. The van der Waals surface area contributed by atoms with Crippen molar-refractivity contribution in [2.24, 2.45) is 0 Å². The summed E-state index contributed by atoms with van der Waals surface area (Å²) in [7, 11) is 3.30. The Morgan fingerprint density at radius 1 is 1.56 bits per heavy atom. The number of aliphatic hydroxyl groups is 1. The molecule has 1 atom stereocenters. The van der Waals surface area contributed by atoms with Gasteiger partial charge in [0, 0.05) is 14.1 Å². The van der Waals surface area contributed by atoms with E-state index in [0.29, 0.717) is 11.3 Å². The SMILES string of the molecule is C[C@H](O)c1onc(-c2cccs2)c1C(=O)N(C)C. The van der Waals surface area contributed by atoms with Crippen molar-refractivity contribution >= 4 is 17.2 Å². The van der Waals surface area contributed by atoms with Gasteiger partial charge in [-0.1, -0.05) is 11.2 Å². The number of nitrogens with zero attached hydrogens (tertiary/aromatic N) is 2. The molecular weight excluding hydrogens is 252 g/mol. The molecule has 2 aromatic heterocycles. The molecule has 1 N–H and O–H groups in total. The van der Waals surface area contributed by atoms with Gasteiger partial charge in [-0.15, -0.1) is 11.3 Å². The maximum atomic E-state index is 12.2. The fourth-order valence-corrected chi connectivity index (χ4v) is 2.31. The number of thiophene rings is 1. The number of rotatable bonds is 3. The van der Waals surface area contributed by atoms with Crippen LogP contribution in [0.2, 0.25) is 0 Å². The van der Waals surface area contributed by atoms with Crippen LogP contribution >= 0.6 is 11.3 Å². The zero-order valence-corrected chi connectivity index (χ0v) is 11.2. The molecule has 2 heterocycles. The molecule has 0 radical (unpaired) electrons. The molecule has 0 fully saturated rings. The topological polar surface area (TPSA) is 66.6 Å². The largest absolute Gasteiger partial charge is 0.385 e. The maximum Gasteiger partial charge on any atom is 0.259 e. The summed E-state index contributed by atoms with van der Waals surface area (Å²) in [6, 6.07) is 3.74. The van der Waals surface area contributed by atoms with Gasteiger partial charge < -0.3 is 14.5 Å². The minimum absolute atomic E-state index is 0.206. The van der Waals surface area contributed by atoms with Crippen molar-refractivity contribution in [1.29, 1.82) is 0 Å². The predicted molar refractivity (Wildman–Crippen MR) is 68.5 cm³/mol. The van der Waals surface area contributed by atoms with Gasteiger partial charge in [-0.25, -0.2) is 0 Å². The van der Waals surface area contributed by atoms with Gasteiger partial charge >= 0.3 is 0 Å². The van der Waals surface area contributed by atoms with E-state index in [-0.39, 0.29) is 11.7 Å². The predicted octanol–water partition coefficient (Wildman–Crippen LogP) is 2.16. The first kappa shape index (κ1) is 12.8. The van der Waals surface area contributed by atoms with Gasteiger partial charge in [-0.05, 0) is 18.4 Å². The molecule has 0 saturated carbocycles. The molecule has 0 aliphatic carbocycles. The van der Waals surface area contributed by atoms with Crippen LogP contribution in [-0.4, -0.2) is 35.2 Å². The Morgan fingerprint density at radius 3 is 2.78 bits per heavy atom. The average molecular weight is 266 g/mol. The smallest absolute Gasteiger partial charge is 0.259 e. The summed E-state index contributed by atoms with van der Waals surface area (Å²) < 4.78 is 5.11. The van der Waals surface area contributed by atoms with Gasteiger partial charge in [0.25, 0.3) is 5.91 Å². The third-order valence-corrected chi connectivity index (χ3v) is 3.35. The lowest BCUT2D eigenvalue weighted by atomic mass is 10.1. The van der Waals surface area contributed by atoms with E-state index < -0.39 is 6.10 Å². The molecule has 0 aliphatic heterocycles. The number of carbonyl (C=O) groups excluding carboxylic acids is 1. The van der Waals surface area contributed by atoms with Gasteiger partial charge in [0.05, 0.1) is 4.88 Å². The molecule has 0 unspecified atom stereocenters. The van der Waals surface area contributed by atoms with Crippen LogP contribution in [0, 0.1) is 0 Å². The Balaban J connectivity index is 2.58. The van der Waals surface area contributed by atoms with Crippen LogP contribution in [0.5, 0.6) is 0 Å². The van der Waals surface area contributed by atoms with Crippen LogP contribution in [-0.2, 0) is 0 Å². The van der Waals surface area contributed by atoms with Crippen molar-refractivity contribution in [3.63, 3.8) is 0 Å². The number of carbonyl (C=O) groups is 1. The molecule has 0 aromatic carbocycles. The standard InChI is InChI=1S/C12H14N2O3S/c1-7(15)11-9(12(16)14(2)3)10(13-17-11)8-5-4-6-18-8/h4-7,15H,1-3H3/t7-/m0/s1. The Labute approximate surface area is 109 Å². The highest BCUT2D eigenvalue weighted by atomic mass is 32.1. The number of hydrogen-bond acceptors (Lipinski definition) is 5. The third-order valence-electron chi connectivity index (χ3n) is 2.47. The van der Waals surface area contributed by atoms with E-state index >= 15 is 0 Å². The van der Waals surface area contributed by atoms with E-state index in [0.717, 1.165) is 4.88 Å². The van der Waals surface area contributed by atoms with E-state index in [9.17, 15) is 9.90 Å². The normalized spacial score (nSPS) is 12.4. The lowest BCUT2D eigenvalue weighted by Gasteiger charge is -2.11. The van der Waals surface area contributed by atoms with Gasteiger partial charge in [0.15, 0.2) is 5.76 Å². The highest BCUT2D eigenvalue weighted by Gasteiger charge is 2.27. The Bertz CT molecular complexity index is 544. The van der Waals surface area contributed by atoms with Crippen LogP contribution in [0.4, 0.5) is 0 Å². The van der Waals surface area contributed by atoms with Gasteiger partial charge in [0.2, 0.25) is 0 Å². The lowest BCUT2D eigenvalue weighted by molar-refractivity contribution is 0.0815. The van der Waals surface area contributed by atoms with E-state index in [1.807, 2.05) is 17.5 Å². The summed E-state index contributed by atoms with van der Waals surface area (Å²) >= 11 is 1.47. The van der Waals surface area contributed by atoms with Crippen molar-refractivity contribution in [3.05, 3.63) is 28.8 Å². The Kier molecular flexibility index (Phi) is 3.49. The Hall–Kier alpha value is -1.66. The minimum Gasteiger partial charge on any atom is -0.385 e. The van der Waals surface area contributed by atoms with Crippen molar-refractivity contribution in [2.75, 3.05) is 14.1 Å². The molecule has 2 rings (SSSR count). The fraction of sp³-hybridized carbons (Fsp3) is 0.333. The van der Waals surface area contributed by atoms with E-state index in [1.165, 1.54) is 16.2 Å². The lowest BCUT2D eigenvalue weighted by Crippen LogP contribution is -2.23. The second-order valence-electron chi connectivity index (χ2n) is 4.12. The molecule has 18 heavy (non-hydrogen) atoms. The molecular formula is C12H14N2O3S. The zero-order chi connectivity index (χ0) is 13.3.